The zero-order chi connectivity index (χ0) is 18.9. The van der Waals surface area contributed by atoms with E-state index >= 15 is 0 Å². The first-order valence-corrected chi connectivity index (χ1v) is 9.01. The Hall–Kier alpha value is -3.23. The number of H-pyrrole nitrogens is 1. The van der Waals surface area contributed by atoms with Crippen LogP contribution in [0, 0.1) is 6.07 Å². The van der Waals surface area contributed by atoms with Crippen LogP contribution in [0.5, 0.6) is 5.75 Å². The Bertz CT molecular complexity index is 1260. The molecule has 0 fully saturated rings. The second-order valence-electron chi connectivity index (χ2n) is 6.51. The molecule has 0 aliphatic carbocycles. The van der Waals surface area contributed by atoms with Gasteiger partial charge in [-0.15, -0.1) is 24.3 Å². The van der Waals surface area contributed by atoms with E-state index in [0.717, 1.165) is 39.4 Å². The summed E-state index contributed by atoms with van der Waals surface area (Å²) in [4.78, 5) is 12.7. The number of nitrogens with zero attached hydrogens (tertiary/aromatic N) is 2. The maximum Gasteiger partial charge on any atom is 0.124 e. The van der Waals surface area contributed by atoms with Crippen LogP contribution >= 0.6 is 0 Å². The van der Waals surface area contributed by atoms with Crippen LogP contribution in [0.3, 0.4) is 0 Å². The Morgan fingerprint density at radius 1 is 0.690 bits per heavy atom. The predicted octanol–water partition coefficient (Wildman–Crippen LogP) is 5.46. The average Bonchev–Trinajstić information content (AvgIpc) is 3.19. The number of aromatic nitrogens is 3. The smallest absolute Gasteiger partial charge is 0.124 e. The molecule has 0 atom stereocenters. The number of pyridine rings is 1. The molecule has 4 nitrogen and oxygen atoms in total. The normalized spacial score (nSPS) is 10.6. The molecule has 0 saturated heterocycles. The van der Waals surface area contributed by atoms with Crippen LogP contribution in [0.25, 0.3) is 44.9 Å². The van der Waals surface area contributed by atoms with E-state index in [1.165, 1.54) is 0 Å². The fourth-order valence-electron chi connectivity index (χ4n) is 3.26. The van der Waals surface area contributed by atoms with Gasteiger partial charge in [0.1, 0.15) is 5.75 Å². The van der Waals surface area contributed by atoms with Crippen molar-refractivity contribution in [2.45, 2.75) is 0 Å². The van der Waals surface area contributed by atoms with Crippen LogP contribution < -0.4 is 0 Å². The van der Waals surface area contributed by atoms with E-state index in [0.29, 0.717) is 5.56 Å². The van der Waals surface area contributed by atoms with Crippen molar-refractivity contribution in [1.82, 2.24) is 15.0 Å². The van der Waals surface area contributed by atoms with Gasteiger partial charge in [0.2, 0.25) is 0 Å². The van der Waals surface area contributed by atoms with E-state index < -0.39 is 0 Å². The molecule has 0 unspecified atom stereocenters. The molecule has 2 heterocycles. The van der Waals surface area contributed by atoms with Gasteiger partial charge in [-0.25, -0.2) is 0 Å². The fourth-order valence-corrected chi connectivity index (χ4v) is 3.26. The van der Waals surface area contributed by atoms with E-state index in [1.54, 1.807) is 12.1 Å². The van der Waals surface area contributed by atoms with Gasteiger partial charge in [-0.2, -0.15) is 0 Å². The topological polar surface area (TPSA) is 61.8 Å². The van der Waals surface area contributed by atoms with Gasteiger partial charge in [0, 0.05) is 32.3 Å². The van der Waals surface area contributed by atoms with Crippen LogP contribution in [0.1, 0.15) is 0 Å². The van der Waals surface area contributed by atoms with E-state index in [1.807, 2.05) is 72.8 Å². The molecule has 5 heteroatoms. The third-order valence-corrected chi connectivity index (χ3v) is 4.64. The quantitative estimate of drug-likeness (QED) is 0.290. The number of phenols is 1. The van der Waals surface area contributed by atoms with Gasteiger partial charge < -0.3 is 10.1 Å². The van der Waals surface area contributed by atoms with Crippen LogP contribution in [0.4, 0.5) is 0 Å². The SMILES string of the molecule is Oc1ccccc1-c1cccc(-c2[c-]c(-c3nc4ccccc4[nH]3)ccc2)n1.[Pt]. The second-order valence-corrected chi connectivity index (χ2v) is 6.51. The molecule has 0 saturated carbocycles. The number of aromatic hydroxyl groups is 1. The van der Waals surface area contributed by atoms with Crippen molar-refractivity contribution in [2.75, 3.05) is 0 Å². The third-order valence-electron chi connectivity index (χ3n) is 4.64. The van der Waals surface area contributed by atoms with Crippen molar-refractivity contribution < 1.29 is 26.2 Å². The van der Waals surface area contributed by atoms with Gasteiger partial charge in [0.15, 0.2) is 0 Å². The maximum absolute atomic E-state index is 10.1. The average molecular weight is 557 g/mol. The van der Waals surface area contributed by atoms with Crippen molar-refractivity contribution >= 4 is 11.0 Å². The fraction of sp³-hybridized carbons (Fsp3) is 0. The van der Waals surface area contributed by atoms with Crippen LogP contribution in [-0.2, 0) is 21.1 Å². The number of benzene rings is 3. The number of rotatable bonds is 3. The molecular formula is C24H16N3OPt-. The summed E-state index contributed by atoms with van der Waals surface area (Å²) in [5, 5.41) is 10.1. The van der Waals surface area contributed by atoms with Crippen LogP contribution in [0.2, 0.25) is 0 Å². The van der Waals surface area contributed by atoms with E-state index in [-0.39, 0.29) is 26.8 Å². The standard InChI is InChI=1S/C24H16N3O.Pt/c28-23-14-4-1-9-18(23)20-13-6-12-19(25-20)16-7-5-8-17(15-16)24-26-21-10-2-3-11-22(21)27-24;/h1-14,28H,(H,26,27);/q-1;. The van der Waals surface area contributed by atoms with Crippen LogP contribution in [0.15, 0.2) is 84.9 Å². The molecule has 3 aromatic carbocycles. The Morgan fingerprint density at radius 2 is 1.41 bits per heavy atom. The number of hydrogen-bond acceptors (Lipinski definition) is 3. The minimum Gasteiger partial charge on any atom is -0.507 e. The van der Waals surface area contributed by atoms with Crippen molar-refractivity contribution in [3.8, 4) is 39.7 Å². The number of fused-ring (bicyclic) bond motifs is 1. The zero-order valence-corrected chi connectivity index (χ0v) is 17.5. The van der Waals surface area contributed by atoms with Crippen molar-refractivity contribution in [2.24, 2.45) is 0 Å². The summed E-state index contributed by atoms with van der Waals surface area (Å²) < 4.78 is 0. The van der Waals surface area contributed by atoms with Crippen molar-refractivity contribution in [1.29, 1.82) is 0 Å². The van der Waals surface area contributed by atoms with Crippen molar-refractivity contribution in [3.05, 3.63) is 91.0 Å². The zero-order valence-electron chi connectivity index (χ0n) is 15.2. The largest absolute Gasteiger partial charge is 0.507 e. The Kier molecular flexibility index (Phi) is 5.28. The number of imidazole rings is 1. The van der Waals surface area contributed by atoms with Gasteiger partial charge >= 0.3 is 0 Å². The first-order chi connectivity index (χ1) is 13.8. The minimum atomic E-state index is 0. The Morgan fingerprint density at radius 3 is 2.28 bits per heavy atom. The molecule has 0 aliphatic rings. The van der Waals surface area contributed by atoms with Crippen molar-refractivity contribution in [3.63, 3.8) is 0 Å². The summed E-state index contributed by atoms with van der Waals surface area (Å²) in [6.45, 7) is 0. The second kappa shape index (κ2) is 8.02. The molecule has 29 heavy (non-hydrogen) atoms. The molecule has 0 spiro atoms. The minimum absolute atomic E-state index is 0. The molecule has 144 valence electrons. The number of hydrogen-bond donors (Lipinski definition) is 2. The third kappa shape index (κ3) is 3.72. The number of phenolic OH excluding ortho intramolecular Hbond substituents is 1. The molecule has 2 N–H and O–H groups in total. The molecular weight excluding hydrogens is 541 g/mol. The summed E-state index contributed by atoms with van der Waals surface area (Å²) in [6.07, 6.45) is 0. The predicted molar refractivity (Wildman–Crippen MR) is 111 cm³/mol. The maximum atomic E-state index is 10.1. The van der Waals surface area contributed by atoms with E-state index in [4.69, 9.17) is 4.98 Å². The van der Waals surface area contributed by atoms with Gasteiger partial charge in [0.25, 0.3) is 0 Å². The molecule has 0 amide bonds. The summed E-state index contributed by atoms with van der Waals surface area (Å²) in [7, 11) is 0. The first-order valence-electron chi connectivity index (χ1n) is 9.01. The molecule has 0 aliphatic heterocycles. The Labute approximate surface area is 182 Å². The number of para-hydroxylation sites is 3. The summed E-state index contributed by atoms with van der Waals surface area (Å²) in [5.74, 6) is 0.993. The first kappa shape index (κ1) is 19.1. The molecule has 5 rings (SSSR count). The monoisotopic (exact) mass is 557 g/mol. The van der Waals surface area contributed by atoms with Crippen LogP contribution in [-0.4, -0.2) is 20.1 Å². The summed E-state index contributed by atoms with van der Waals surface area (Å²) >= 11 is 0. The molecule has 0 bridgehead atoms. The summed E-state index contributed by atoms with van der Waals surface area (Å²) in [6, 6.07) is 30.3. The van der Waals surface area contributed by atoms with Gasteiger partial charge in [0.05, 0.1) is 22.6 Å². The number of aromatic amines is 1. The Balaban J connectivity index is 0.00000205. The molecule has 5 aromatic rings. The molecule has 0 radical (unpaired) electrons. The molecule has 2 aromatic heterocycles. The summed E-state index contributed by atoms with van der Waals surface area (Å²) in [5.41, 5.74) is 5.89. The van der Waals surface area contributed by atoms with Gasteiger partial charge in [-0.05, 0) is 30.3 Å². The number of nitrogens with one attached hydrogen (secondary N) is 1. The van der Waals surface area contributed by atoms with Gasteiger partial charge in [-0.3, -0.25) is 9.97 Å². The van der Waals surface area contributed by atoms with E-state index in [9.17, 15) is 5.11 Å². The van der Waals surface area contributed by atoms with Gasteiger partial charge in [-0.1, -0.05) is 47.5 Å². The van der Waals surface area contributed by atoms with E-state index in [2.05, 4.69) is 16.0 Å².